The van der Waals surface area contributed by atoms with Crippen molar-refractivity contribution in [2.45, 2.75) is 45.7 Å². The average Bonchev–Trinajstić information content (AvgIpc) is 3.46. The lowest BCUT2D eigenvalue weighted by Crippen LogP contribution is -2.38. The average molecular weight is 498 g/mol. The number of nitrogens with zero attached hydrogens (tertiary/aromatic N) is 7. The summed E-state index contributed by atoms with van der Waals surface area (Å²) in [6, 6.07) is 5.33. The third-order valence-electron chi connectivity index (χ3n) is 5.81. The van der Waals surface area contributed by atoms with Crippen molar-refractivity contribution >= 4 is 23.9 Å². The second kappa shape index (κ2) is 10.9. The molecule has 1 amide bonds. The van der Waals surface area contributed by atoms with Crippen molar-refractivity contribution in [1.29, 1.82) is 0 Å². The first kappa shape index (κ1) is 24.8. The number of hydrogen-bond donors (Lipinski definition) is 2. The molecule has 1 atom stereocenters. The topological polar surface area (TPSA) is 176 Å². The van der Waals surface area contributed by atoms with E-state index in [9.17, 15) is 9.59 Å². The molecule has 0 bridgehead atoms. The number of methoxy groups -OCH3 is 1. The standard InChI is InChI=1S/C22H27N9O5/c1-13-7-4-5-10-30(13)12-16-18(25-29-31(16)21-20(23)27-36-28-21)22(33)26-24-11-15-8-6-9-17(34-3)19(15)35-14(2)32/h6,8-9,11,13H,4-5,7,10,12H2,1-3H3,(H2,23,27)(H,26,33). The Labute approximate surface area is 206 Å². The molecule has 3 heterocycles. The summed E-state index contributed by atoms with van der Waals surface area (Å²) in [6.45, 7) is 4.67. The van der Waals surface area contributed by atoms with Crippen LogP contribution in [0, 0.1) is 0 Å². The zero-order valence-electron chi connectivity index (χ0n) is 20.2. The number of hydrazone groups is 1. The molecule has 1 fully saturated rings. The second-order valence-electron chi connectivity index (χ2n) is 8.26. The summed E-state index contributed by atoms with van der Waals surface area (Å²) in [7, 11) is 1.45. The Balaban J connectivity index is 1.60. The molecule has 14 heteroatoms. The van der Waals surface area contributed by atoms with E-state index in [0.29, 0.717) is 29.6 Å². The smallest absolute Gasteiger partial charge is 0.308 e. The van der Waals surface area contributed by atoms with Gasteiger partial charge in [-0.1, -0.05) is 17.7 Å². The molecule has 190 valence electrons. The lowest BCUT2D eigenvalue weighted by Gasteiger charge is -2.33. The molecular weight excluding hydrogens is 470 g/mol. The zero-order valence-corrected chi connectivity index (χ0v) is 20.2. The van der Waals surface area contributed by atoms with E-state index in [1.165, 1.54) is 24.9 Å². The van der Waals surface area contributed by atoms with Crippen molar-refractivity contribution in [3.8, 4) is 17.3 Å². The van der Waals surface area contributed by atoms with Gasteiger partial charge in [-0.3, -0.25) is 14.5 Å². The first-order valence-electron chi connectivity index (χ1n) is 11.3. The lowest BCUT2D eigenvalue weighted by molar-refractivity contribution is -0.132. The molecule has 3 aromatic rings. The van der Waals surface area contributed by atoms with Crippen LogP contribution in [0.25, 0.3) is 5.82 Å². The molecule has 3 N–H and O–H groups in total. The van der Waals surface area contributed by atoms with Crippen LogP contribution in [0.1, 0.15) is 54.9 Å². The summed E-state index contributed by atoms with van der Waals surface area (Å²) in [5.74, 6) is -0.413. The molecule has 1 aliphatic rings. The van der Waals surface area contributed by atoms with E-state index in [0.717, 1.165) is 25.8 Å². The number of hydrogen-bond acceptors (Lipinski definition) is 12. The van der Waals surface area contributed by atoms with Gasteiger partial charge in [0.05, 0.1) is 19.0 Å². The fourth-order valence-electron chi connectivity index (χ4n) is 3.97. The first-order valence-corrected chi connectivity index (χ1v) is 11.3. The van der Waals surface area contributed by atoms with Crippen LogP contribution in [-0.4, -0.2) is 68.0 Å². The van der Waals surface area contributed by atoms with Crippen molar-refractivity contribution in [3.05, 3.63) is 35.2 Å². The maximum Gasteiger partial charge on any atom is 0.308 e. The number of benzene rings is 1. The maximum absolute atomic E-state index is 13.1. The predicted molar refractivity (Wildman–Crippen MR) is 127 cm³/mol. The molecule has 1 unspecified atom stereocenters. The van der Waals surface area contributed by atoms with Crippen molar-refractivity contribution in [2.24, 2.45) is 5.10 Å². The number of rotatable bonds is 8. The summed E-state index contributed by atoms with van der Waals surface area (Å²) in [6.07, 6.45) is 4.59. The third kappa shape index (κ3) is 5.33. The number of anilines is 1. The van der Waals surface area contributed by atoms with Gasteiger partial charge in [0.1, 0.15) is 0 Å². The summed E-state index contributed by atoms with van der Waals surface area (Å²) in [5.41, 5.74) is 9.27. The molecule has 0 aliphatic carbocycles. The molecule has 14 nitrogen and oxygen atoms in total. The summed E-state index contributed by atoms with van der Waals surface area (Å²) in [5, 5.41) is 19.6. The monoisotopic (exact) mass is 497 g/mol. The number of carbonyl (C=O) groups excluding carboxylic acids is 2. The SMILES string of the molecule is COc1cccc(C=NNC(=O)c2nnn(-c3nonc3N)c2CN2CCCCC2C)c1OC(C)=O. The molecule has 1 aromatic carbocycles. The van der Waals surface area contributed by atoms with Gasteiger partial charge in [0.15, 0.2) is 17.2 Å². The van der Waals surface area contributed by atoms with Gasteiger partial charge in [-0.2, -0.15) is 9.78 Å². The number of aromatic nitrogens is 5. The van der Waals surface area contributed by atoms with Gasteiger partial charge in [-0.25, -0.2) is 10.1 Å². The van der Waals surface area contributed by atoms with Crippen LogP contribution in [0.4, 0.5) is 5.82 Å². The summed E-state index contributed by atoms with van der Waals surface area (Å²) in [4.78, 5) is 26.8. The Morgan fingerprint density at radius 2 is 2.17 bits per heavy atom. The number of esters is 1. The highest BCUT2D eigenvalue weighted by atomic mass is 16.6. The Bertz CT molecular complexity index is 1270. The predicted octanol–water partition coefficient (Wildman–Crippen LogP) is 1.30. The summed E-state index contributed by atoms with van der Waals surface area (Å²) < 4.78 is 16.6. The van der Waals surface area contributed by atoms with Crippen LogP contribution in [0.3, 0.4) is 0 Å². The lowest BCUT2D eigenvalue weighted by atomic mass is 10.0. The zero-order chi connectivity index (χ0) is 25.7. The number of likely N-dealkylation sites (tertiary alicyclic amines) is 1. The largest absolute Gasteiger partial charge is 0.493 e. The maximum atomic E-state index is 13.1. The normalized spacial score (nSPS) is 16.2. The fraction of sp³-hybridized carbons (Fsp3) is 0.409. The van der Waals surface area contributed by atoms with E-state index in [-0.39, 0.29) is 23.1 Å². The highest BCUT2D eigenvalue weighted by molar-refractivity contribution is 5.94. The van der Waals surface area contributed by atoms with Crippen LogP contribution in [0.2, 0.25) is 0 Å². The molecule has 1 aliphatic heterocycles. The van der Waals surface area contributed by atoms with Crippen molar-refractivity contribution in [3.63, 3.8) is 0 Å². The Morgan fingerprint density at radius 1 is 1.33 bits per heavy atom. The molecule has 1 saturated heterocycles. The minimum Gasteiger partial charge on any atom is -0.493 e. The molecule has 0 radical (unpaired) electrons. The van der Waals surface area contributed by atoms with E-state index in [1.54, 1.807) is 18.2 Å². The van der Waals surface area contributed by atoms with Gasteiger partial charge in [-0.05, 0) is 48.8 Å². The minimum absolute atomic E-state index is 0.0221. The molecule has 36 heavy (non-hydrogen) atoms. The summed E-state index contributed by atoms with van der Waals surface area (Å²) >= 11 is 0. The van der Waals surface area contributed by atoms with Crippen LogP contribution >= 0.6 is 0 Å². The van der Waals surface area contributed by atoms with Gasteiger partial charge in [0.25, 0.3) is 5.91 Å². The first-order chi connectivity index (χ1) is 17.4. The van der Waals surface area contributed by atoms with Crippen LogP contribution in [0.5, 0.6) is 11.5 Å². The Morgan fingerprint density at radius 3 is 2.86 bits per heavy atom. The highest BCUT2D eigenvalue weighted by Crippen LogP contribution is 2.30. The number of piperidine rings is 1. The van der Waals surface area contributed by atoms with E-state index in [1.807, 2.05) is 0 Å². The van der Waals surface area contributed by atoms with E-state index in [4.69, 9.17) is 19.8 Å². The van der Waals surface area contributed by atoms with Crippen LogP contribution < -0.4 is 20.6 Å². The number of carbonyl (C=O) groups is 2. The number of ether oxygens (including phenoxy) is 2. The van der Waals surface area contributed by atoms with E-state index >= 15 is 0 Å². The molecule has 4 rings (SSSR count). The fourth-order valence-corrected chi connectivity index (χ4v) is 3.97. The minimum atomic E-state index is -0.593. The highest BCUT2D eigenvalue weighted by Gasteiger charge is 2.28. The third-order valence-corrected chi connectivity index (χ3v) is 5.81. The second-order valence-corrected chi connectivity index (χ2v) is 8.26. The number of para-hydroxylation sites is 1. The van der Waals surface area contributed by atoms with Crippen molar-refractivity contribution in [2.75, 3.05) is 19.4 Å². The Kier molecular flexibility index (Phi) is 7.53. The molecule has 0 saturated carbocycles. The van der Waals surface area contributed by atoms with E-state index in [2.05, 4.69) is 43.0 Å². The molecule has 0 spiro atoms. The van der Waals surface area contributed by atoms with Gasteiger partial charge < -0.3 is 15.2 Å². The van der Waals surface area contributed by atoms with Gasteiger partial charge in [0.2, 0.25) is 11.6 Å². The van der Waals surface area contributed by atoms with Gasteiger partial charge in [0, 0.05) is 25.1 Å². The van der Waals surface area contributed by atoms with E-state index < -0.39 is 11.9 Å². The number of nitrogens with two attached hydrogens (primary N) is 1. The molecular formula is C22H27N9O5. The van der Waals surface area contributed by atoms with Crippen LogP contribution in [-0.2, 0) is 11.3 Å². The molecule has 2 aromatic heterocycles. The number of nitrogen functional groups attached to an aromatic ring is 1. The number of nitrogens with one attached hydrogen (secondary N) is 1. The quantitative estimate of drug-likeness (QED) is 0.198. The van der Waals surface area contributed by atoms with Gasteiger partial charge >= 0.3 is 5.97 Å². The van der Waals surface area contributed by atoms with Crippen molar-refractivity contribution < 1.29 is 23.7 Å². The van der Waals surface area contributed by atoms with Gasteiger partial charge in [-0.15, -0.1) is 5.10 Å². The number of amides is 1. The van der Waals surface area contributed by atoms with Crippen molar-refractivity contribution in [1.82, 2.24) is 35.6 Å². The Hall–Kier alpha value is -4.33. The van der Waals surface area contributed by atoms with Crippen LogP contribution in [0.15, 0.2) is 27.9 Å².